The van der Waals surface area contributed by atoms with Gasteiger partial charge in [-0.2, -0.15) is 0 Å². The molecule has 30 heavy (non-hydrogen) atoms. The fourth-order valence-electron chi connectivity index (χ4n) is 4.13. The Labute approximate surface area is 180 Å². The first-order chi connectivity index (χ1) is 14.5. The fourth-order valence-corrected chi connectivity index (χ4v) is 5.12. The number of nitrogens with zero attached hydrogens (tertiary/aromatic N) is 2. The number of hydrogen-bond donors (Lipinski definition) is 0. The summed E-state index contributed by atoms with van der Waals surface area (Å²) < 4.78 is 5.28. The fraction of sp³-hybridized carbons (Fsp3) is 0.250. The molecule has 1 aliphatic heterocycles. The second kappa shape index (κ2) is 8.32. The van der Waals surface area contributed by atoms with Gasteiger partial charge in [-0.15, -0.1) is 11.3 Å². The molecule has 6 heteroatoms. The zero-order chi connectivity index (χ0) is 21.3. The molecular weight excluding hydrogens is 396 g/mol. The van der Waals surface area contributed by atoms with Crippen LogP contribution >= 0.6 is 11.3 Å². The van der Waals surface area contributed by atoms with Crippen LogP contribution in [-0.2, 0) is 4.79 Å². The first-order valence-electron chi connectivity index (χ1n) is 9.91. The first-order valence-corrected chi connectivity index (χ1v) is 10.8. The Kier molecular flexibility index (Phi) is 5.59. The van der Waals surface area contributed by atoms with Gasteiger partial charge in [0.05, 0.1) is 23.7 Å². The van der Waals surface area contributed by atoms with Crippen molar-refractivity contribution >= 4 is 34.5 Å². The Hall–Kier alpha value is -3.12. The van der Waals surface area contributed by atoms with Crippen molar-refractivity contribution in [2.75, 3.05) is 16.9 Å². The van der Waals surface area contributed by atoms with Crippen LogP contribution in [0.1, 0.15) is 41.5 Å². The normalized spacial score (nSPS) is 17.9. The second-order valence-corrected chi connectivity index (χ2v) is 8.35. The molecule has 1 aromatic heterocycles. The molecule has 3 aromatic rings. The van der Waals surface area contributed by atoms with Crippen molar-refractivity contribution in [3.05, 3.63) is 76.5 Å². The van der Waals surface area contributed by atoms with Gasteiger partial charge in [-0.05, 0) is 55.1 Å². The molecule has 0 fully saturated rings. The lowest BCUT2D eigenvalue weighted by molar-refractivity contribution is -0.117. The Bertz CT molecular complexity index is 1060. The molecule has 2 amide bonds. The molecule has 154 valence electrons. The van der Waals surface area contributed by atoms with E-state index in [2.05, 4.69) is 0 Å². The van der Waals surface area contributed by atoms with Crippen LogP contribution in [0, 0.1) is 0 Å². The average molecular weight is 421 g/mol. The maximum atomic E-state index is 13.4. The van der Waals surface area contributed by atoms with Crippen LogP contribution in [-0.4, -0.2) is 25.0 Å². The summed E-state index contributed by atoms with van der Waals surface area (Å²) in [5.74, 6) is 0.583. The molecule has 2 heterocycles. The van der Waals surface area contributed by atoms with Gasteiger partial charge >= 0.3 is 0 Å². The van der Waals surface area contributed by atoms with Gasteiger partial charge in [-0.1, -0.05) is 24.3 Å². The number of hydrogen-bond acceptors (Lipinski definition) is 4. The molecule has 0 saturated carbocycles. The average Bonchev–Trinajstić information content (AvgIpc) is 3.24. The van der Waals surface area contributed by atoms with Crippen molar-refractivity contribution in [3.8, 4) is 5.75 Å². The molecule has 0 N–H and O–H groups in total. The first kappa shape index (κ1) is 20.2. The van der Waals surface area contributed by atoms with Crippen LogP contribution in [0.25, 0.3) is 0 Å². The van der Waals surface area contributed by atoms with E-state index in [-0.39, 0.29) is 23.9 Å². The quantitative estimate of drug-likeness (QED) is 0.576. The minimum atomic E-state index is -0.107. The predicted octanol–water partition coefficient (Wildman–Crippen LogP) is 5.29. The topological polar surface area (TPSA) is 49.9 Å². The highest BCUT2D eigenvalue weighted by atomic mass is 32.1. The lowest BCUT2D eigenvalue weighted by atomic mass is 9.95. The number of carbonyl (C=O) groups excluding carboxylic acids is 2. The summed E-state index contributed by atoms with van der Waals surface area (Å²) in [6, 6.07) is 18.7. The molecule has 4 rings (SSSR count). The van der Waals surface area contributed by atoms with Crippen LogP contribution in [0.2, 0.25) is 0 Å². The van der Waals surface area contributed by atoms with E-state index in [1.165, 1.54) is 0 Å². The largest absolute Gasteiger partial charge is 0.497 e. The van der Waals surface area contributed by atoms with Gasteiger partial charge in [0.15, 0.2) is 0 Å². The molecule has 0 saturated heterocycles. The zero-order valence-corrected chi connectivity index (χ0v) is 18.1. The number of rotatable bonds is 4. The van der Waals surface area contributed by atoms with Crippen molar-refractivity contribution in [3.63, 3.8) is 0 Å². The van der Waals surface area contributed by atoms with Crippen LogP contribution in [0.4, 0.5) is 11.4 Å². The monoisotopic (exact) mass is 420 g/mol. The second-order valence-electron chi connectivity index (χ2n) is 7.40. The van der Waals surface area contributed by atoms with Crippen LogP contribution in [0.5, 0.6) is 5.75 Å². The third kappa shape index (κ3) is 3.59. The van der Waals surface area contributed by atoms with Crippen molar-refractivity contribution in [2.45, 2.75) is 32.4 Å². The summed E-state index contributed by atoms with van der Waals surface area (Å²) in [7, 11) is 1.59. The SMILES string of the molecule is COc1cccc(C(=O)N2c3ccsc3C(N(C(C)=O)c3ccccc3)CC2C)c1. The van der Waals surface area contributed by atoms with Crippen molar-refractivity contribution in [1.29, 1.82) is 0 Å². The van der Waals surface area contributed by atoms with Gasteiger partial charge < -0.3 is 14.5 Å². The summed E-state index contributed by atoms with van der Waals surface area (Å²) in [5, 5.41) is 1.99. The summed E-state index contributed by atoms with van der Waals surface area (Å²) >= 11 is 1.59. The number of anilines is 2. The van der Waals surface area contributed by atoms with Crippen molar-refractivity contribution in [2.24, 2.45) is 0 Å². The molecule has 0 spiro atoms. The predicted molar refractivity (Wildman–Crippen MR) is 121 cm³/mol. The molecular formula is C24H24N2O3S. The van der Waals surface area contributed by atoms with Crippen LogP contribution in [0.3, 0.4) is 0 Å². The van der Waals surface area contributed by atoms with Crippen molar-refractivity contribution in [1.82, 2.24) is 0 Å². The smallest absolute Gasteiger partial charge is 0.258 e. The Morgan fingerprint density at radius 1 is 1.10 bits per heavy atom. The Balaban J connectivity index is 1.73. The third-order valence-electron chi connectivity index (χ3n) is 5.46. The molecule has 1 aliphatic rings. The number of thiophene rings is 1. The molecule has 2 atom stereocenters. The minimum absolute atomic E-state index is 0.00896. The molecule has 2 unspecified atom stereocenters. The summed E-state index contributed by atoms with van der Waals surface area (Å²) in [6.45, 7) is 3.63. The third-order valence-corrected chi connectivity index (χ3v) is 6.47. The number of carbonyl (C=O) groups is 2. The number of para-hydroxylation sites is 1. The van der Waals surface area contributed by atoms with E-state index in [1.807, 2.05) is 76.7 Å². The lowest BCUT2D eigenvalue weighted by Crippen LogP contribution is -2.46. The highest BCUT2D eigenvalue weighted by Gasteiger charge is 2.39. The van der Waals surface area contributed by atoms with Crippen LogP contribution < -0.4 is 14.5 Å². The Morgan fingerprint density at radius 2 is 1.87 bits per heavy atom. The summed E-state index contributed by atoms with van der Waals surface area (Å²) in [4.78, 5) is 30.8. The highest BCUT2D eigenvalue weighted by molar-refractivity contribution is 7.10. The van der Waals surface area contributed by atoms with E-state index in [0.29, 0.717) is 17.7 Å². The van der Waals surface area contributed by atoms with E-state index >= 15 is 0 Å². The van der Waals surface area contributed by atoms with Gasteiger partial charge in [0.2, 0.25) is 5.91 Å². The molecule has 0 aliphatic carbocycles. The lowest BCUT2D eigenvalue weighted by Gasteiger charge is -2.41. The van der Waals surface area contributed by atoms with Gasteiger partial charge in [0.25, 0.3) is 5.91 Å². The zero-order valence-electron chi connectivity index (χ0n) is 17.2. The van der Waals surface area contributed by atoms with Gasteiger partial charge in [0.1, 0.15) is 5.75 Å². The van der Waals surface area contributed by atoms with E-state index in [4.69, 9.17) is 4.74 Å². The number of amides is 2. The number of methoxy groups -OCH3 is 1. The maximum absolute atomic E-state index is 13.4. The van der Waals surface area contributed by atoms with Gasteiger partial charge in [-0.3, -0.25) is 9.59 Å². The van der Waals surface area contributed by atoms with Gasteiger partial charge in [0, 0.05) is 24.2 Å². The molecule has 0 bridgehead atoms. The number of ether oxygens (including phenoxy) is 1. The number of fused-ring (bicyclic) bond motifs is 1. The van der Waals surface area contributed by atoms with E-state index < -0.39 is 0 Å². The van der Waals surface area contributed by atoms with E-state index in [9.17, 15) is 9.59 Å². The highest BCUT2D eigenvalue weighted by Crippen LogP contribution is 2.45. The van der Waals surface area contributed by atoms with Gasteiger partial charge in [-0.25, -0.2) is 0 Å². The summed E-state index contributed by atoms with van der Waals surface area (Å²) in [6.07, 6.45) is 0.664. The van der Waals surface area contributed by atoms with Crippen LogP contribution in [0.15, 0.2) is 66.0 Å². The maximum Gasteiger partial charge on any atom is 0.258 e. The summed E-state index contributed by atoms with van der Waals surface area (Å²) in [5.41, 5.74) is 2.33. The molecule has 5 nitrogen and oxygen atoms in total. The standard InChI is InChI=1S/C24H24N2O3S/c1-16-14-22(26(17(2)27)19-9-5-4-6-10-19)23-21(12-13-30-23)25(16)24(28)18-8-7-11-20(15-18)29-3/h4-13,15-16,22H,14H2,1-3H3. The minimum Gasteiger partial charge on any atom is -0.497 e. The van der Waals surface area contributed by atoms with E-state index in [0.717, 1.165) is 16.3 Å². The number of benzene rings is 2. The van der Waals surface area contributed by atoms with Crippen molar-refractivity contribution < 1.29 is 14.3 Å². The molecule has 2 aromatic carbocycles. The Morgan fingerprint density at radius 3 is 2.57 bits per heavy atom. The molecule has 0 radical (unpaired) electrons. The van der Waals surface area contributed by atoms with E-state index in [1.54, 1.807) is 31.4 Å².